The molecule has 0 spiro atoms. The van der Waals surface area contributed by atoms with Crippen LogP contribution in [0.2, 0.25) is 0 Å². The summed E-state index contributed by atoms with van der Waals surface area (Å²) in [6.07, 6.45) is 9.98. The van der Waals surface area contributed by atoms with Crippen molar-refractivity contribution >= 4 is 11.9 Å². The fourth-order valence-corrected chi connectivity index (χ4v) is 3.99. The lowest BCUT2D eigenvalue weighted by Gasteiger charge is -2.35. The zero-order valence-corrected chi connectivity index (χ0v) is 15.0. The highest BCUT2D eigenvalue weighted by Crippen LogP contribution is 2.30. The molecule has 1 aromatic heterocycles. The Bertz CT molecular complexity index is 566. The second-order valence-electron chi connectivity index (χ2n) is 7.21. The molecule has 3 amide bonds. The summed E-state index contributed by atoms with van der Waals surface area (Å²) in [6.45, 7) is 4.84. The molecule has 0 aromatic carbocycles. The number of nitrogens with zero attached hydrogens (tertiary/aromatic N) is 3. The maximum atomic E-state index is 12.6. The van der Waals surface area contributed by atoms with E-state index in [0.717, 1.165) is 63.7 Å². The Hall–Kier alpha value is -2.05. The van der Waals surface area contributed by atoms with Gasteiger partial charge in [0, 0.05) is 44.9 Å². The van der Waals surface area contributed by atoms with E-state index in [9.17, 15) is 9.59 Å². The van der Waals surface area contributed by atoms with E-state index in [4.69, 9.17) is 0 Å². The van der Waals surface area contributed by atoms with Crippen molar-refractivity contribution in [3.63, 3.8) is 0 Å². The zero-order valence-electron chi connectivity index (χ0n) is 15.0. The first kappa shape index (κ1) is 17.8. The summed E-state index contributed by atoms with van der Waals surface area (Å²) in [7, 11) is 0. The smallest absolute Gasteiger partial charge is 0.317 e. The molecule has 25 heavy (non-hydrogen) atoms. The summed E-state index contributed by atoms with van der Waals surface area (Å²) in [5.41, 5.74) is 1.09. The van der Waals surface area contributed by atoms with E-state index in [1.165, 1.54) is 0 Å². The standard InChI is InChI=1S/C18H29N5O2/c1-14(24)22-10-6-15(7-11-22)5-8-19-18(25)23-9-3-2-4-17(23)16-12-20-21-13-16/h12-13,15,17H,2-11H2,1H3,(H,19,25)(H,20,21). The number of piperidine rings is 2. The van der Waals surface area contributed by atoms with Crippen LogP contribution in [0, 0.1) is 5.92 Å². The maximum Gasteiger partial charge on any atom is 0.317 e. The van der Waals surface area contributed by atoms with Crippen LogP contribution in [0.1, 0.15) is 57.1 Å². The van der Waals surface area contributed by atoms with Crippen LogP contribution >= 0.6 is 0 Å². The Morgan fingerprint density at radius 3 is 2.72 bits per heavy atom. The predicted octanol–water partition coefficient (Wildman–Crippen LogP) is 2.29. The first-order valence-corrected chi connectivity index (χ1v) is 9.44. The summed E-state index contributed by atoms with van der Waals surface area (Å²) >= 11 is 0. The minimum atomic E-state index is 0.0343. The molecule has 2 aliphatic rings. The average molecular weight is 347 g/mol. The largest absolute Gasteiger partial charge is 0.343 e. The number of rotatable bonds is 4. The molecule has 0 radical (unpaired) electrons. The molecule has 138 valence electrons. The minimum absolute atomic E-state index is 0.0343. The van der Waals surface area contributed by atoms with E-state index in [1.54, 1.807) is 6.92 Å². The highest BCUT2D eigenvalue weighted by molar-refractivity contribution is 5.75. The van der Waals surface area contributed by atoms with Gasteiger partial charge in [-0.05, 0) is 44.4 Å². The van der Waals surface area contributed by atoms with Crippen LogP contribution < -0.4 is 5.32 Å². The third kappa shape index (κ3) is 4.52. The van der Waals surface area contributed by atoms with Crippen molar-refractivity contribution in [3.8, 4) is 0 Å². The van der Waals surface area contributed by atoms with Crippen molar-refractivity contribution in [2.24, 2.45) is 5.92 Å². The Kier molecular flexibility index (Phi) is 5.94. The predicted molar refractivity (Wildman–Crippen MR) is 94.9 cm³/mol. The van der Waals surface area contributed by atoms with Gasteiger partial charge in [0.05, 0.1) is 12.2 Å². The lowest BCUT2D eigenvalue weighted by atomic mass is 9.93. The normalized spacial score (nSPS) is 22.0. The number of likely N-dealkylation sites (tertiary alicyclic amines) is 2. The molecule has 1 unspecified atom stereocenters. The van der Waals surface area contributed by atoms with Crippen LogP contribution in [0.3, 0.4) is 0 Å². The van der Waals surface area contributed by atoms with Crippen molar-refractivity contribution in [1.82, 2.24) is 25.3 Å². The van der Waals surface area contributed by atoms with Gasteiger partial charge in [-0.3, -0.25) is 9.89 Å². The van der Waals surface area contributed by atoms with Gasteiger partial charge in [0.2, 0.25) is 5.91 Å². The number of nitrogens with one attached hydrogen (secondary N) is 2. The molecule has 7 nitrogen and oxygen atoms in total. The number of carbonyl (C=O) groups excluding carboxylic acids is 2. The van der Waals surface area contributed by atoms with E-state index >= 15 is 0 Å². The van der Waals surface area contributed by atoms with Crippen LogP contribution in [0.15, 0.2) is 12.4 Å². The molecule has 2 fully saturated rings. The van der Waals surface area contributed by atoms with Crippen LogP contribution in [-0.2, 0) is 4.79 Å². The van der Waals surface area contributed by atoms with Gasteiger partial charge < -0.3 is 15.1 Å². The van der Waals surface area contributed by atoms with E-state index < -0.39 is 0 Å². The topological polar surface area (TPSA) is 81.3 Å². The Balaban J connectivity index is 1.43. The van der Waals surface area contributed by atoms with Crippen LogP contribution in [0.5, 0.6) is 0 Å². The number of hydrogen-bond donors (Lipinski definition) is 2. The molecular formula is C18H29N5O2. The molecule has 1 atom stereocenters. The number of amides is 3. The van der Waals surface area contributed by atoms with Gasteiger partial charge in [-0.1, -0.05) is 0 Å². The lowest BCUT2D eigenvalue weighted by molar-refractivity contribution is -0.130. The highest BCUT2D eigenvalue weighted by Gasteiger charge is 2.28. The van der Waals surface area contributed by atoms with Crippen molar-refractivity contribution in [2.75, 3.05) is 26.2 Å². The fourth-order valence-electron chi connectivity index (χ4n) is 3.99. The molecule has 2 saturated heterocycles. The van der Waals surface area contributed by atoms with Gasteiger partial charge in [-0.25, -0.2) is 4.79 Å². The van der Waals surface area contributed by atoms with Gasteiger partial charge >= 0.3 is 6.03 Å². The highest BCUT2D eigenvalue weighted by atomic mass is 16.2. The Labute approximate surface area is 149 Å². The zero-order chi connectivity index (χ0) is 17.6. The number of aromatic nitrogens is 2. The number of carbonyl (C=O) groups is 2. The second kappa shape index (κ2) is 8.36. The first-order chi connectivity index (χ1) is 12.1. The van der Waals surface area contributed by atoms with Gasteiger partial charge in [-0.2, -0.15) is 5.10 Å². The summed E-state index contributed by atoms with van der Waals surface area (Å²) in [5, 5.41) is 9.97. The molecule has 0 saturated carbocycles. The quantitative estimate of drug-likeness (QED) is 0.877. The maximum absolute atomic E-state index is 12.6. The van der Waals surface area contributed by atoms with Gasteiger partial charge in [0.1, 0.15) is 0 Å². The average Bonchev–Trinajstić information content (AvgIpc) is 3.16. The van der Waals surface area contributed by atoms with E-state index in [2.05, 4.69) is 15.5 Å². The van der Waals surface area contributed by atoms with Gasteiger partial charge in [0.25, 0.3) is 0 Å². The molecular weight excluding hydrogens is 318 g/mol. The monoisotopic (exact) mass is 347 g/mol. The van der Waals surface area contributed by atoms with Crippen molar-refractivity contribution < 1.29 is 9.59 Å². The summed E-state index contributed by atoms with van der Waals surface area (Å²) in [5.74, 6) is 0.768. The summed E-state index contributed by atoms with van der Waals surface area (Å²) in [4.78, 5) is 27.9. The van der Waals surface area contributed by atoms with Crippen LogP contribution in [0.4, 0.5) is 4.79 Å². The lowest BCUT2D eigenvalue weighted by Crippen LogP contribution is -2.45. The number of aromatic amines is 1. The third-order valence-corrected chi connectivity index (χ3v) is 5.56. The Morgan fingerprint density at radius 1 is 1.24 bits per heavy atom. The number of hydrogen-bond acceptors (Lipinski definition) is 3. The first-order valence-electron chi connectivity index (χ1n) is 9.44. The molecule has 3 heterocycles. The molecule has 2 aliphatic heterocycles. The third-order valence-electron chi connectivity index (χ3n) is 5.56. The molecule has 0 bridgehead atoms. The summed E-state index contributed by atoms with van der Waals surface area (Å²) < 4.78 is 0. The van der Waals surface area contributed by atoms with Crippen LogP contribution in [-0.4, -0.2) is 58.1 Å². The molecule has 0 aliphatic carbocycles. The second-order valence-corrected chi connectivity index (χ2v) is 7.21. The summed E-state index contributed by atoms with van der Waals surface area (Å²) in [6, 6.07) is 0.165. The van der Waals surface area contributed by atoms with Crippen LogP contribution in [0.25, 0.3) is 0 Å². The van der Waals surface area contributed by atoms with E-state index in [-0.39, 0.29) is 18.0 Å². The fraction of sp³-hybridized carbons (Fsp3) is 0.722. The number of H-pyrrole nitrogens is 1. The SMILES string of the molecule is CC(=O)N1CCC(CCNC(=O)N2CCCCC2c2cn[nH]c2)CC1. The minimum Gasteiger partial charge on any atom is -0.343 e. The van der Waals surface area contributed by atoms with Crippen molar-refractivity contribution in [3.05, 3.63) is 18.0 Å². The number of urea groups is 1. The van der Waals surface area contributed by atoms with Crippen molar-refractivity contribution in [1.29, 1.82) is 0 Å². The molecule has 2 N–H and O–H groups in total. The van der Waals surface area contributed by atoms with Gasteiger partial charge in [0.15, 0.2) is 0 Å². The molecule has 1 aromatic rings. The van der Waals surface area contributed by atoms with Gasteiger partial charge in [-0.15, -0.1) is 0 Å². The van der Waals surface area contributed by atoms with Crippen molar-refractivity contribution in [2.45, 2.75) is 51.5 Å². The molecule has 3 rings (SSSR count). The Morgan fingerprint density at radius 2 is 2.04 bits per heavy atom. The van der Waals surface area contributed by atoms with E-state index in [1.807, 2.05) is 22.2 Å². The van der Waals surface area contributed by atoms with E-state index in [0.29, 0.717) is 12.5 Å². The molecule has 7 heteroatoms.